The topological polar surface area (TPSA) is 52.3 Å². The van der Waals surface area contributed by atoms with Crippen molar-refractivity contribution in [1.29, 1.82) is 0 Å². The standard InChI is InChI=1S/C8H14O2.C3H3NO.C2H6/c1-10-8(9)7-5-3-2-4-6-7;1-2-5-3-4-1;1-2/h7H,2-6H2,1H3;1-3H;1-2H3. The van der Waals surface area contributed by atoms with Crippen molar-refractivity contribution in [1.82, 2.24) is 4.98 Å². The average molecular weight is 241 g/mol. The lowest BCUT2D eigenvalue weighted by molar-refractivity contribution is -0.146. The Hall–Kier alpha value is -1.32. The van der Waals surface area contributed by atoms with Gasteiger partial charge in [-0.25, -0.2) is 4.98 Å². The van der Waals surface area contributed by atoms with Gasteiger partial charge in [-0.3, -0.25) is 4.79 Å². The van der Waals surface area contributed by atoms with Crippen LogP contribution in [0.5, 0.6) is 0 Å². The highest BCUT2D eigenvalue weighted by atomic mass is 16.5. The van der Waals surface area contributed by atoms with Crippen molar-refractivity contribution in [3.05, 3.63) is 18.9 Å². The van der Waals surface area contributed by atoms with Gasteiger partial charge in [0.2, 0.25) is 0 Å². The van der Waals surface area contributed by atoms with Crippen LogP contribution in [-0.4, -0.2) is 18.1 Å². The maximum Gasteiger partial charge on any atom is 0.308 e. The fourth-order valence-corrected chi connectivity index (χ4v) is 1.68. The number of oxazole rings is 1. The molecule has 1 aliphatic rings. The summed E-state index contributed by atoms with van der Waals surface area (Å²) in [6.07, 6.45) is 10.2. The summed E-state index contributed by atoms with van der Waals surface area (Å²) in [7, 11) is 1.47. The predicted octanol–water partition coefficient (Wildman–Crippen LogP) is 3.44. The Bertz CT molecular complexity index is 236. The van der Waals surface area contributed by atoms with Crippen LogP contribution in [0.15, 0.2) is 23.3 Å². The normalized spacial score (nSPS) is 14.8. The molecule has 0 N–H and O–H groups in total. The Labute approximate surface area is 103 Å². The monoisotopic (exact) mass is 241 g/mol. The van der Waals surface area contributed by atoms with E-state index in [1.807, 2.05) is 13.8 Å². The molecule has 1 saturated carbocycles. The van der Waals surface area contributed by atoms with Gasteiger partial charge in [0, 0.05) is 0 Å². The largest absolute Gasteiger partial charge is 0.469 e. The summed E-state index contributed by atoms with van der Waals surface area (Å²) in [4.78, 5) is 14.5. The van der Waals surface area contributed by atoms with Crippen molar-refractivity contribution in [3.63, 3.8) is 0 Å². The highest BCUT2D eigenvalue weighted by Gasteiger charge is 2.20. The number of hydrogen-bond acceptors (Lipinski definition) is 4. The van der Waals surface area contributed by atoms with E-state index in [0.717, 1.165) is 12.8 Å². The highest BCUT2D eigenvalue weighted by molar-refractivity contribution is 5.72. The Kier molecular flexibility index (Phi) is 10.3. The lowest BCUT2D eigenvalue weighted by Gasteiger charge is -2.18. The summed E-state index contributed by atoms with van der Waals surface area (Å²) in [5, 5.41) is 0. The second-order valence-corrected chi connectivity index (χ2v) is 3.53. The molecule has 1 fully saturated rings. The third-order valence-corrected chi connectivity index (χ3v) is 2.49. The summed E-state index contributed by atoms with van der Waals surface area (Å²) in [5.74, 6) is 0.193. The van der Waals surface area contributed by atoms with E-state index in [-0.39, 0.29) is 11.9 Å². The van der Waals surface area contributed by atoms with Crippen LogP contribution in [0.25, 0.3) is 0 Å². The van der Waals surface area contributed by atoms with E-state index < -0.39 is 0 Å². The van der Waals surface area contributed by atoms with Crippen molar-refractivity contribution >= 4 is 5.97 Å². The Morgan fingerprint density at radius 2 is 1.94 bits per heavy atom. The van der Waals surface area contributed by atoms with Gasteiger partial charge in [-0.05, 0) is 12.8 Å². The molecule has 0 aromatic carbocycles. The first-order chi connectivity index (χ1) is 8.34. The first-order valence-corrected chi connectivity index (χ1v) is 6.24. The van der Waals surface area contributed by atoms with Crippen LogP contribution in [0.2, 0.25) is 0 Å². The Morgan fingerprint density at radius 1 is 1.29 bits per heavy atom. The van der Waals surface area contributed by atoms with E-state index in [2.05, 4.69) is 14.1 Å². The average Bonchev–Trinajstić information content (AvgIpc) is 3.00. The van der Waals surface area contributed by atoms with Gasteiger partial charge >= 0.3 is 5.97 Å². The van der Waals surface area contributed by atoms with Crippen LogP contribution in [-0.2, 0) is 9.53 Å². The fourth-order valence-electron chi connectivity index (χ4n) is 1.68. The number of ether oxygens (including phenoxy) is 1. The molecular formula is C13H23NO3. The molecular weight excluding hydrogens is 218 g/mol. The van der Waals surface area contributed by atoms with Crippen molar-refractivity contribution in [2.45, 2.75) is 46.0 Å². The predicted molar refractivity (Wildman–Crippen MR) is 66.4 cm³/mol. The zero-order chi connectivity index (χ0) is 12.9. The lowest BCUT2D eigenvalue weighted by atomic mass is 9.89. The first kappa shape index (κ1) is 15.7. The Balaban J connectivity index is 0.000000306. The number of aromatic nitrogens is 1. The van der Waals surface area contributed by atoms with Crippen LogP contribution < -0.4 is 0 Å². The highest BCUT2D eigenvalue weighted by Crippen LogP contribution is 2.24. The van der Waals surface area contributed by atoms with Gasteiger partial charge in [-0.2, -0.15) is 0 Å². The molecule has 4 nitrogen and oxygen atoms in total. The zero-order valence-corrected chi connectivity index (χ0v) is 11.0. The summed E-state index contributed by atoms with van der Waals surface area (Å²) >= 11 is 0. The summed E-state index contributed by atoms with van der Waals surface area (Å²) in [6, 6.07) is 0. The third-order valence-electron chi connectivity index (χ3n) is 2.49. The second-order valence-electron chi connectivity index (χ2n) is 3.53. The molecule has 4 heteroatoms. The summed E-state index contributed by atoms with van der Waals surface area (Å²) in [5.41, 5.74) is 0. The maximum atomic E-state index is 10.9. The van der Waals surface area contributed by atoms with E-state index in [0.29, 0.717) is 0 Å². The molecule has 0 unspecified atom stereocenters. The van der Waals surface area contributed by atoms with Crippen molar-refractivity contribution in [3.8, 4) is 0 Å². The van der Waals surface area contributed by atoms with Crippen LogP contribution in [0.3, 0.4) is 0 Å². The molecule has 0 bridgehead atoms. The molecule has 98 valence electrons. The van der Waals surface area contributed by atoms with Gasteiger partial charge in [-0.15, -0.1) is 0 Å². The van der Waals surface area contributed by atoms with Gasteiger partial charge in [-0.1, -0.05) is 33.1 Å². The van der Waals surface area contributed by atoms with E-state index in [1.165, 1.54) is 39.0 Å². The lowest BCUT2D eigenvalue weighted by Crippen LogP contribution is -2.18. The molecule has 1 aromatic rings. The number of esters is 1. The Morgan fingerprint density at radius 3 is 2.29 bits per heavy atom. The minimum atomic E-state index is -0.0142. The number of carbonyl (C=O) groups excluding carboxylic acids is 1. The van der Waals surface area contributed by atoms with E-state index in [1.54, 1.807) is 6.20 Å². The fraction of sp³-hybridized carbons (Fsp3) is 0.692. The number of hydrogen-bond donors (Lipinski definition) is 0. The number of carbonyl (C=O) groups is 1. The van der Waals surface area contributed by atoms with E-state index in [9.17, 15) is 4.79 Å². The van der Waals surface area contributed by atoms with Gasteiger partial charge < -0.3 is 9.15 Å². The van der Waals surface area contributed by atoms with Gasteiger partial charge in [0.15, 0.2) is 6.39 Å². The number of rotatable bonds is 1. The molecule has 0 radical (unpaired) electrons. The maximum absolute atomic E-state index is 10.9. The molecule has 2 rings (SSSR count). The summed E-state index contributed by atoms with van der Waals surface area (Å²) < 4.78 is 9.12. The zero-order valence-electron chi connectivity index (χ0n) is 11.0. The van der Waals surface area contributed by atoms with Crippen molar-refractivity contribution in [2.75, 3.05) is 7.11 Å². The molecule has 0 amide bonds. The molecule has 1 aliphatic carbocycles. The first-order valence-electron chi connectivity index (χ1n) is 6.24. The second kappa shape index (κ2) is 11.2. The molecule has 0 atom stereocenters. The van der Waals surface area contributed by atoms with Crippen LogP contribution in [0.4, 0.5) is 0 Å². The quantitative estimate of drug-likeness (QED) is 0.707. The van der Waals surface area contributed by atoms with Crippen LogP contribution >= 0.6 is 0 Å². The van der Waals surface area contributed by atoms with Crippen molar-refractivity contribution < 1.29 is 13.9 Å². The van der Waals surface area contributed by atoms with Gasteiger partial charge in [0.1, 0.15) is 6.26 Å². The van der Waals surface area contributed by atoms with Gasteiger partial charge in [0.05, 0.1) is 19.2 Å². The molecule has 1 heterocycles. The molecule has 0 spiro atoms. The smallest absolute Gasteiger partial charge is 0.308 e. The number of methoxy groups -OCH3 is 1. The van der Waals surface area contributed by atoms with Crippen LogP contribution in [0, 0.1) is 5.92 Å². The molecule has 0 aliphatic heterocycles. The van der Waals surface area contributed by atoms with E-state index in [4.69, 9.17) is 0 Å². The van der Waals surface area contributed by atoms with Crippen LogP contribution in [0.1, 0.15) is 46.0 Å². The van der Waals surface area contributed by atoms with Crippen molar-refractivity contribution in [2.24, 2.45) is 5.92 Å². The van der Waals surface area contributed by atoms with E-state index >= 15 is 0 Å². The molecule has 0 saturated heterocycles. The third kappa shape index (κ3) is 7.55. The molecule has 17 heavy (non-hydrogen) atoms. The van der Waals surface area contributed by atoms with Gasteiger partial charge in [0.25, 0.3) is 0 Å². The minimum Gasteiger partial charge on any atom is -0.469 e. The SMILES string of the molecule is CC.COC(=O)C1CCCCC1.c1cocn1. The minimum absolute atomic E-state index is 0.0142. The molecule has 1 aromatic heterocycles. The number of nitrogens with zero attached hydrogens (tertiary/aromatic N) is 1. The summed E-state index contributed by atoms with van der Waals surface area (Å²) in [6.45, 7) is 4.00.